The van der Waals surface area contributed by atoms with Crippen LogP contribution in [0.3, 0.4) is 0 Å². The molecule has 3 heterocycles. The molecule has 0 aliphatic heterocycles. The molecule has 0 saturated heterocycles. The number of nitrogens with zero attached hydrogens (tertiary/aromatic N) is 3. The number of thiophene rings is 2. The van der Waals surface area contributed by atoms with E-state index in [1.54, 1.807) is 0 Å². The van der Waals surface area contributed by atoms with Crippen LogP contribution in [0.1, 0.15) is 0 Å². The van der Waals surface area contributed by atoms with Gasteiger partial charge in [0.25, 0.3) is 0 Å². The molecule has 0 fully saturated rings. The highest BCUT2D eigenvalue weighted by molar-refractivity contribution is 7.26. The fourth-order valence-corrected chi connectivity index (χ4v) is 10.1. The van der Waals surface area contributed by atoms with Crippen molar-refractivity contribution in [2.75, 3.05) is 0 Å². The minimum atomic E-state index is 0.651. The highest BCUT2D eigenvalue weighted by Crippen LogP contribution is 2.45. The van der Waals surface area contributed by atoms with Crippen molar-refractivity contribution in [2.24, 2.45) is 0 Å². The lowest BCUT2D eigenvalue weighted by atomic mass is 9.95. The standard InChI is InChI=1S/C51H31N3S2/c1-4-13-32(14-5-1)35-19-12-20-37(27-35)50-52-49(34-17-8-3-9-18-34)53-51(54-50)38-24-26-42-41-25-23-36(30-46(41)55-47(42)31-38)43-28-39(33-15-6-2-7-16-33)29-44-40-21-10-11-22-45(40)56-48(43)44/h1-31H. The zero-order valence-electron chi connectivity index (χ0n) is 30.1. The van der Waals surface area contributed by atoms with E-state index < -0.39 is 0 Å². The Labute approximate surface area is 331 Å². The van der Waals surface area contributed by atoms with Gasteiger partial charge in [0, 0.05) is 62.6 Å². The summed E-state index contributed by atoms with van der Waals surface area (Å²) in [5.74, 6) is 1.96. The predicted molar refractivity (Wildman–Crippen MR) is 238 cm³/mol. The molecule has 8 aromatic carbocycles. The Bertz CT molecular complexity index is 3240. The van der Waals surface area contributed by atoms with Crippen molar-refractivity contribution in [1.82, 2.24) is 15.0 Å². The van der Waals surface area contributed by atoms with Crippen molar-refractivity contribution < 1.29 is 0 Å². The Kier molecular flexibility index (Phi) is 7.87. The third-order valence-corrected chi connectivity index (χ3v) is 12.9. The average Bonchev–Trinajstić information content (AvgIpc) is 3.84. The lowest BCUT2D eigenvalue weighted by Gasteiger charge is -2.10. The van der Waals surface area contributed by atoms with E-state index >= 15 is 0 Å². The van der Waals surface area contributed by atoms with E-state index in [0.717, 1.165) is 27.8 Å². The van der Waals surface area contributed by atoms with E-state index in [2.05, 4.69) is 164 Å². The van der Waals surface area contributed by atoms with Crippen LogP contribution in [0.15, 0.2) is 188 Å². The van der Waals surface area contributed by atoms with Gasteiger partial charge >= 0.3 is 0 Å². The van der Waals surface area contributed by atoms with Crippen LogP contribution in [0.2, 0.25) is 0 Å². The maximum absolute atomic E-state index is 5.11. The summed E-state index contributed by atoms with van der Waals surface area (Å²) < 4.78 is 5.09. The number of hydrogen-bond acceptors (Lipinski definition) is 5. The lowest BCUT2D eigenvalue weighted by molar-refractivity contribution is 1.07. The second-order valence-electron chi connectivity index (χ2n) is 14.0. The topological polar surface area (TPSA) is 38.7 Å². The lowest BCUT2D eigenvalue weighted by Crippen LogP contribution is -2.00. The highest BCUT2D eigenvalue weighted by Gasteiger charge is 2.17. The number of aromatic nitrogens is 3. The summed E-state index contributed by atoms with van der Waals surface area (Å²) in [4.78, 5) is 15.2. The summed E-state index contributed by atoms with van der Waals surface area (Å²) in [5.41, 5.74) is 10.1. The molecule has 0 N–H and O–H groups in total. The van der Waals surface area contributed by atoms with Gasteiger partial charge in [-0.1, -0.05) is 152 Å². The van der Waals surface area contributed by atoms with Gasteiger partial charge in [0.15, 0.2) is 17.5 Å². The molecular formula is C51H31N3S2. The Hall–Kier alpha value is -6.79. The fourth-order valence-electron chi connectivity index (χ4n) is 7.74. The molecule has 0 atom stereocenters. The van der Waals surface area contributed by atoms with Crippen LogP contribution in [0.4, 0.5) is 0 Å². The van der Waals surface area contributed by atoms with Crippen LogP contribution in [-0.4, -0.2) is 15.0 Å². The minimum absolute atomic E-state index is 0.651. The molecule has 11 aromatic rings. The second-order valence-corrected chi connectivity index (χ2v) is 16.1. The minimum Gasteiger partial charge on any atom is -0.208 e. The summed E-state index contributed by atoms with van der Waals surface area (Å²) in [5, 5.41) is 5.11. The number of hydrogen-bond donors (Lipinski definition) is 0. The van der Waals surface area contributed by atoms with Gasteiger partial charge in [-0.25, -0.2) is 15.0 Å². The first-order chi connectivity index (χ1) is 27.7. The zero-order chi connectivity index (χ0) is 37.0. The first-order valence-electron chi connectivity index (χ1n) is 18.7. The first kappa shape index (κ1) is 32.6. The zero-order valence-corrected chi connectivity index (χ0v) is 31.7. The van der Waals surface area contributed by atoms with Gasteiger partial charge in [0.05, 0.1) is 0 Å². The van der Waals surface area contributed by atoms with Crippen molar-refractivity contribution >= 4 is 63.0 Å². The molecule has 0 radical (unpaired) electrons. The average molecular weight is 750 g/mol. The molecule has 56 heavy (non-hydrogen) atoms. The van der Waals surface area contributed by atoms with Gasteiger partial charge in [-0.3, -0.25) is 0 Å². The van der Waals surface area contributed by atoms with E-state index in [0.29, 0.717) is 17.5 Å². The molecule has 0 bridgehead atoms. The molecule has 5 heteroatoms. The summed E-state index contributed by atoms with van der Waals surface area (Å²) >= 11 is 3.70. The monoisotopic (exact) mass is 749 g/mol. The van der Waals surface area contributed by atoms with Crippen LogP contribution in [0, 0.1) is 0 Å². The SMILES string of the molecule is c1ccc(-c2cccc(-c3nc(-c4ccccc4)nc(-c4ccc5c(c4)sc4cc(-c6cc(-c7ccccc7)cc7c6sc6ccccc67)ccc45)n3)c2)cc1. The van der Waals surface area contributed by atoms with Gasteiger partial charge < -0.3 is 0 Å². The molecule has 0 amide bonds. The van der Waals surface area contributed by atoms with Crippen molar-refractivity contribution in [3.63, 3.8) is 0 Å². The van der Waals surface area contributed by atoms with Crippen molar-refractivity contribution in [3.05, 3.63) is 188 Å². The number of rotatable bonds is 6. The van der Waals surface area contributed by atoms with E-state index in [1.165, 1.54) is 62.6 Å². The molecule has 262 valence electrons. The van der Waals surface area contributed by atoms with Gasteiger partial charge in [0.1, 0.15) is 0 Å². The fraction of sp³-hybridized carbons (Fsp3) is 0. The van der Waals surface area contributed by atoms with E-state index in [-0.39, 0.29) is 0 Å². The van der Waals surface area contributed by atoms with E-state index in [9.17, 15) is 0 Å². The second kappa shape index (κ2) is 13.5. The Balaban J connectivity index is 1.04. The van der Waals surface area contributed by atoms with Crippen LogP contribution >= 0.6 is 22.7 Å². The van der Waals surface area contributed by atoms with Crippen LogP contribution in [0.25, 0.3) is 108 Å². The third kappa shape index (κ3) is 5.77. The van der Waals surface area contributed by atoms with Crippen LogP contribution in [-0.2, 0) is 0 Å². The van der Waals surface area contributed by atoms with Gasteiger partial charge in [0.2, 0.25) is 0 Å². The molecular weight excluding hydrogens is 719 g/mol. The molecule has 3 aromatic heterocycles. The molecule has 0 saturated carbocycles. The molecule has 0 spiro atoms. The largest absolute Gasteiger partial charge is 0.208 e. The third-order valence-electron chi connectivity index (χ3n) is 10.5. The Morgan fingerprint density at radius 1 is 0.268 bits per heavy atom. The molecule has 0 unspecified atom stereocenters. The molecule has 11 rings (SSSR count). The predicted octanol–water partition coefficient (Wildman–Crippen LogP) is 14.6. The maximum atomic E-state index is 5.11. The van der Waals surface area contributed by atoms with E-state index in [1.807, 2.05) is 46.9 Å². The van der Waals surface area contributed by atoms with Crippen molar-refractivity contribution in [2.45, 2.75) is 0 Å². The summed E-state index contributed by atoms with van der Waals surface area (Å²) in [6, 6.07) is 66.9. The molecule has 0 aliphatic carbocycles. The van der Waals surface area contributed by atoms with E-state index in [4.69, 9.17) is 15.0 Å². The summed E-state index contributed by atoms with van der Waals surface area (Å²) in [7, 11) is 0. The summed E-state index contributed by atoms with van der Waals surface area (Å²) in [6.07, 6.45) is 0. The van der Waals surface area contributed by atoms with Crippen molar-refractivity contribution in [3.8, 4) is 67.5 Å². The van der Waals surface area contributed by atoms with Crippen molar-refractivity contribution in [1.29, 1.82) is 0 Å². The smallest absolute Gasteiger partial charge is 0.164 e. The van der Waals surface area contributed by atoms with Gasteiger partial charge in [-0.2, -0.15) is 0 Å². The summed E-state index contributed by atoms with van der Waals surface area (Å²) in [6.45, 7) is 0. The van der Waals surface area contributed by atoms with Gasteiger partial charge in [-0.05, 0) is 64.2 Å². The Morgan fingerprint density at radius 2 is 0.768 bits per heavy atom. The van der Waals surface area contributed by atoms with Gasteiger partial charge in [-0.15, -0.1) is 22.7 Å². The quantitative estimate of drug-likeness (QED) is 0.170. The molecule has 0 aliphatic rings. The first-order valence-corrected chi connectivity index (χ1v) is 20.3. The van der Waals surface area contributed by atoms with Crippen LogP contribution < -0.4 is 0 Å². The molecule has 3 nitrogen and oxygen atoms in total. The highest BCUT2D eigenvalue weighted by atomic mass is 32.1. The number of benzene rings is 8. The number of fused-ring (bicyclic) bond motifs is 6. The Morgan fingerprint density at radius 3 is 1.46 bits per heavy atom. The normalized spacial score (nSPS) is 11.6. The van der Waals surface area contributed by atoms with Crippen LogP contribution in [0.5, 0.6) is 0 Å². The maximum Gasteiger partial charge on any atom is 0.164 e.